The third-order valence-electron chi connectivity index (χ3n) is 2.26. The Morgan fingerprint density at radius 1 is 1.24 bits per heavy atom. The normalized spacial score (nSPS) is 11.8. The zero-order valence-electron chi connectivity index (χ0n) is 9.97. The van der Waals surface area contributed by atoms with E-state index in [1.54, 1.807) is 11.8 Å². The molecule has 0 bridgehead atoms. The highest BCUT2D eigenvalue weighted by Gasteiger charge is 2.07. The molecule has 0 saturated heterocycles. The largest absolute Gasteiger partial charge is 0.402 e. The van der Waals surface area contributed by atoms with Crippen molar-refractivity contribution in [3.8, 4) is 11.5 Å². The van der Waals surface area contributed by atoms with Gasteiger partial charge in [-0.05, 0) is 32.2 Å². The molecule has 0 amide bonds. The fraction of sp³-hybridized carbons (Fsp3) is 0.250. The molecule has 0 aliphatic heterocycles. The zero-order chi connectivity index (χ0) is 12.3. The van der Waals surface area contributed by atoms with Crippen LogP contribution in [0.1, 0.15) is 12.5 Å². The standard InChI is InChI=1S/C12H13N3OS/c1-8-4-6-10(7-5-8)11-14-15-12(16-11)13-9(2)17-3/h4-7H,1-3H3. The van der Waals surface area contributed by atoms with Crippen molar-refractivity contribution in [2.75, 3.05) is 6.26 Å². The van der Waals surface area contributed by atoms with Gasteiger partial charge in [-0.15, -0.1) is 16.9 Å². The molecule has 0 saturated carbocycles. The number of hydrogen-bond donors (Lipinski definition) is 0. The Morgan fingerprint density at radius 2 is 1.94 bits per heavy atom. The molecule has 0 radical (unpaired) electrons. The van der Waals surface area contributed by atoms with Crippen LogP contribution in [0.4, 0.5) is 6.01 Å². The third kappa shape index (κ3) is 2.94. The molecule has 1 aromatic heterocycles. The van der Waals surface area contributed by atoms with E-state index < -0.39 is 0 Å². The van der Waals surface area contributed by atoms with Crippen LogP contribution >= 0.6 is 11.8 Å². The van der Waals surface area contributed by atoms with Crippen LogP contribution in [0.2, 0.25) is 0 Å². The summed E-state index contributed by atoms with van der Waals surface area (Å²) in [6.07, 6.45) is 1.95. The summed E-state index contributed by atoms with van der Waals surface area (Å²) >= 11 is 1.55. The van der Waals surface area contributed by atoms with Crippen molar-refractivity contribution < 1.29 is 4.42 Å². The number of aryl methyl sites for hydroxylation is 1. The van der Waals surface area contributed by atoms with Gasteiger partial charge in [0, 0.05) is 5.56 Å². The molecule has 17 heavy (non-hydrogen) atoms. The predicted molar refractivity (Wildman–Crippen MR) is 70.8 cm³/mol. The quantitative estimate of drug-likeness (QED) is 0.602. The summed E-state index contributed by atoms with van der Waals surface area (Å²) in [5.74, 6) is 0.498. The highest BCUT2D eigenvalue weighted by Crippen LogP contribution is 2.22. The lowest BCUT2D eigenvalue weighted by Gasteiger charge is -1.94. The molecular formula is C12H13N3OS. The Labute approximate surface area is 104 Å². The van der Waals surface area contributed by atoms with Crippen LogP contribution in [0.25, 0.3) is 11.5 Å². The monoisotopic (exact) mass is 247 g/mol. The Balaban J connectivity index is 2.27. The van der Waals surface area contributed by atoms with Crippen LogP contribution < -0.4 is 0 Å². The van der Waals surface area contributed by atoms with Gasteiger partial charge in [0.1, 0.15) is 0 Å². The fourth-order valence-corrected chi connectivity index (χ4v) is 1.42. The number of benzene rings is 1. The summed E-state index contributed by atoms with van der Waals surface area (Å²) in [7, 11) is 0. The Bertz CT molecular complexity index is 531. The molecule has 4 nitrogen and oxygen atoms in total. The molecule has 88 valence electrons. The van der Waals surface area contributed by atoms with Crippen molar-refractivity contribution in [1.29, 1.82) is 0 Å². The smallest absolute Gasteiger partial charge is 0.343 e. The molecule has 1 heterocycles. The lowest BCUT2D eigenvalue weighted by Crippen LogP contribution is -1.78. The van der Waals surface area contributed by atoms with E-state index in [4.69, 9.17) is 4.42 Å². The molecule has 0 fully saturated rings. The van der Waals surface area contributed by atoms with Gasteiger partial charge in [-0.3, -0.25) is 0 Å². The SMILES string of the molecule is CSC(C)=Nc1nnc(-c2ccc(C)cc2)o1. The summed E-state index contributed by atoms with van der Waals surface area (Å²) in [5, 5.41) is 8.75. The van der Waals surface area contributed by atoms with Gasteiger partial charge in [0.05, 0.1) is 5.04 Å². The molecule has 0 N–H and O–H groups in total. The van der Waals surface area contributed by atoms with Gasteiger partial charge >= 0.3 is 6.01 Å². The van der Waals surface area contributed by atoms with Crippen LogP contribution in [0.5, 0.6) is 0 Å². The van der Waals surface area contributed by atoms with Crippen molar-refractivity contribution in [3.05, 3.63) is 29.8 Å². The first kappa shape index (κ1) is 11.9. The van der Waals surface area contributed by atoms with Gasteiger partial charge in [0.25, 0.3) is 0 Å². The maximum Gasteiger partial charge on any atom is 0.343 e. The second kappa shape index (κ2) is 5.14. The minimum atomic E-state index is 0.299. The second-order valence-corrected chi connectivity index (χ2v) is 4.59. The molecule has 5 heteroatoms. The molecular weight excluding hydrogens is 234 g/mol. The maximum atomic E-state index is 5.46. The van der Waals surface area contributed by atoms with Gasteiger partial charge in [-0.2, -0.15) is 4.99 Å². The van der Waals surface area contributed by atoms with Crippen LogP contribution in [0.15, 0.2) is 33.7 Å². The van der Waals surface area contributed by atoms with Crippen molar-refractivity contribution >= 4 is 22.8 Å². The Morgan fingerprint density at radius 3 is 2.59 bits per heavy atom. The van der Waals surface area contributed by atoms with Crippen LogP contribution in [-0.2, 0) is 0 Å². The lowest BCUT2D eigenvalue weighted by atomic mass is 10.1. The molecule has 2 aromatic rings. The number of aliphatic imine (C=N–C) groups is 1. The van der Waals surface area contributed by atoms with E-state index in [1.807, 2.05) is 44.4 Å². The topological polar surface area (TPSA) is 51.3 Å². The van der Waals surface area contributed by atoms with E-state index in [0.717, 1.165) is 10.6 Å². The third-order valence-corrected chi connectivity index (χ3v) is 2.94. The number of aromatic nitrogens is 2. The van der Waals surface area contributed by atoms with Crippen molar-refractivity contribution in [2.24, 2.45) is 4.99 Å². The highest BCUT2D eigenvalue weighted by atomic mass is 32.2. The average molecular weight is 247 g/mol. The molecule has 0 atom stereocenters. The summed E-state index contributed by atoms with van der Waals surface area (Å²) in [4.78, 5) is 4.18. The fourth-order valence-electron chi connectivity index (χ4n) is 1.25. The molecule has 0 unspecified atom stereocenters. The second-order valence-electron chi connectivity index (χ2n) is 3.59. The van der Waals surface area contributed by atoms with Gasteiger partial charge in [-0.25, -0.2) is 0 Å². The van der Waals surface area contributed by atoms with E-state index in [9.17, 15) is 0 Å². The Hall–Kier alpha value is -1.62. The minimum Gasteiger partial charge on any atom is -0.402 e. The van der Waals surface area contributed by atoms with Gasteiger partial charge in [-0.1, -0.05) is 22.8 Å². The van der Waals surface area contributed by atoms with Crippen LogP contribution in [-0.4, -0.2) is 21.5 Å². The summed E-state index contributed by atoms with van der Waals surface area (Å²) in [6, 6.07) is 8.23. The Kier molecular flexibility index (Phi) is 3.58. The molecule has 0 aliphatic carbocycles. The first-order valence-electron chi connectivity index (χ1n) is 5.19. The summed E-state index contributed by atoms with van der Waals surface area (Å²) < 4.78 is 5.46. The van der Waals surface area contributed by atoms with E-state index in [0.29, 0.717) is 11.9 Å². The average Bonchev–Trinajstić information content (AvgIpc) is 2.78. The summed E-state index contributed by atoms with van der Waals surface area (Å²) in [5.41, 5.74) is 2.11. The van der Waals surface area contributed by atoms with E-state index in [-0.39, 0.29) is 0 Å². The lowest BCUT2D eigenvalue weighted by molar-refractivity contribution is 0.580. The summed E-state index contributed by atoms with van der Waals surface area (Å²) in [6.45, 7) is 3.94. The maximum absolute atomic E-state index is 5.46. The van der Waals surface area contributed by atoms with Crippen molar-refractivity contribution in [3.63, 3.8) is 0 Å². The van der Waals surface area contributed by atoms with Gasteiger partial charge in [0.15, 0.2) is 0 Å². The number of thioether (sulfide) groups is 1. The highest BCUT2D eigenvalue weighted by molar-refractivity contribution is 8.13. The number of nitrogens with zero attached hydrogens (tertiary/aromatic N) is 3. The molecule has 2 rings (SSSR count). The first-order chi connectivity index (χ1) is 8.19. The first-order valence-corrected chi connectivity index (χ1v) is 6.41. The zero-order valence-corrected chi connectivity index (χ0v) is 10.8. The van der Waals surface area contributed by atoms with Crippen LogP contribution in [0.3, 0.4) is 0 Å². The molecule has 0 spiro atoms. The van der Waals surface area contributed by atoms with E-state index in [2.05, 4.69) is 15.2 Å². The molecule has 0 aliphatic rings. The van der Waals surface area contributed by atoms with Gasteiger partial charge in [0.2, 0.25) is 5.89 Å². The van der Waals surface area contributed by atoms with E-state index in [1.165, 1.54) is 5.56 Å². The minimum absolute atomic E-state index is 0.299. The van der Waals surface area contributed by atoms with Gasteiger partial charge < -0.3 is 4.42 Å². The van der Waals surface area contributed by atoms with Crippen LogP contribution in [0, 0.1) is 6.92 Å². The number of hydrogen-bond acceptors (Lipinski definition) is 5. The van der Waals surface area contributed by atoms with Crippen molar-refractivity contribution in [1.82, 2.24) is 10.2 Å². The number of rotatable bonds is 2. The van der Waals surface area contributed by atoms with Crippen molar-refractivity contribution in [2.45, 2.75) is 13.8 Å². The van der Waals surface area contributed by atoms with E-state index >= 15 is 0 Å². The predicted octanol–water partition coefficient (Wildman–Crippen LogP) is 3.46. The molecule has 1 aromatic carbocycles.